The molecule has 0 aliphatic heterocycles. The van der Waals surface area contributed by atoms with E-state index in [2.05, 4.69) is 9.73 Å². The van der Waals surface area contributed by atoms with Gasteiger partial charge >= 0.3 is 12.1 Å². The Morgan fingerprint density at radius 1 is 1.42 bits per heavy atom. The lowest BCUT2D eigenvalue weighted by molar-refractivity contribution is -0.213. The lowest BCUT2D eigenvalue weighted by Crippen LogP contribution is -2.41. The van der Waals surface area contributed by atoms with E-state index in [9.17, 15) is 36.2 Å². The van der Waals surface area contributed by atoms with Crippen LogP contribution in [0.1, 0.15) is 26.2 Å². The van der Waals surface area contributed by atoms with Crippen molar-refractivity contribution in [2.45, 2.75) is 44.1 Å². The molecule has 2 aliphatic carbocycles. The maximum absolute atomic E-state index is 14.1. The maximum atomic E-state index is 14.1. The van der Waals surface area contributed by atoms with E-state index in [1.165, 1.54) is 6.92 Å². The summed E-state index contributed by atoms with van der Waals surface area (Å²) in [5, 5.41) is 10.1. The zero-order valence-electron chi connectivity index (χ0n) is 13.5. The molecular weight excluding hydrogens is 368 g/mol. The number of allylic oxidation sites excluding steroid dienone is 3. The van der Waals surface area contributed by atoms with Crippen LogP contribution in [0.2, 0.25) is 0 Å². The minimum atomic E-state index is -5.55. The molecule has 1 saturated carbocycles. The van der Waals surface area contributed by atoms with Crippen LogP contribution < -0.4 is 0 Å². The molecule has 0 saturated heterocycles. The molecule has 1 N–H and O–H groups in total. The number of hydrogen-bond donors (Lipinski definition) is 1. The van der Waals surface area contributed by atoms with Gasteiger partial charge in [0.1, 0.15) is 23.0 Å². The van der Waals surface area contributed by atoms with Gasteiger partial charge in [0.2, 0.25) is 5.67 Å². The smallest absolute Gasteiger partial charge is 0.426 e. The number of rotatable bonds is 5. The van der Waals surface area contributed by atoms with Crippen molar-refractivity contribution in [2.24, 2.45) is 4.99 Å². The Hall–Kier alpha value is -2.26. The van der Waals surface area contributed by atoms with E-state index in [0.29, 0.717) is 12.8 Å². The summed E-state index contributed by atoms with van der Waals surface area (Å²) in [5.74, 6) is -6.34. The number of carbonyl (C=O) groups is 1. The number of carbonyl (C=O) groups excluding carboxylic acids is 1. The number of aliphatic hydroxyl groups excluding tert-OH is 1. The second kappa shape index (κ2) is 7.16. The molecule has 0 spiro atoms. The zero-order chi connectivity index (χ0) is 19.7. The van der Waals surface area contributed by atoms with Gasteiger partial charge in [0, 0.05) is 12.6 Å². The number of ether oxygens (including phenoxy) is 1. The molecule has 4 nitrogen and oxygen atoms in total. The monoisotopic (exact) mass is 383 g/mol. The molecule has 2 aliphatic rings. The van der Waals surface area contributed by atoms with Crippen molar-refractivity contribution in [3.8, 4) is 0 Å². The Labute approximate surface area is 144 Å². The molecule has 2 rings (SSSR count). The fourth-order valence-corrected chi connectivity index (χ4v) is 2.15. The summed E-state index contributed by atoms with van der Waals surface area (Å²) in [6.45, 7) is 1.31. The summed E-state index contributed by atoms with van der Waals surface area (Å²) in [6.07, 6.45) is -5.60. The van der Waals surface area contributed by atoms with Crippen LogP contribution in [-0.2, 0) is 9.53 Å². The molecule has 1 fully saturated rings. The molecule has 0 aromatic heterocycles. The van der Waals surface area contributed by atoms with Crippen LogP contribution in [0.4, 0.5) is 26.3 Å². The van der Waals surface area contributed by atoms with Crippen LogP contribution in [0, 0.1) is 0 Å². The molecule has 0 heterocycles. The van der Waals surface area contributed by atoms with Crippen LogP contribution in [-0.4, -0.2) is 41.8 Å². The number of halogens is 6. The number of nitrogens with zero attached hydrogens (tertiary/aromatic N) is 1. The Morgan fingerprint density at radius 3 is 2.50 bits per heavy atom. The van der Waals surface area contributed by atoms with Gasteiger partial charge in [-0.25, -0.2) is 18.0 Å². The summed E-state index contributed by atoms with van der Waals surface area (Å²) < 4.78 is 84.5. The summed E-state index contributed by atoms with van der Waals surface area (Å²) in [6, 6.07) is -0.124. The minimum Gasteiger partial charge on any atom is -0.506 e. The van der Waals surface area contributed by atoms with Crippen LogP contribution in [0.5, 0.6) is 0 Å². The van der Waals surface area contributed by atoms with Gasteiger partial charge in [-0.05, 0) is 25.8 Å². The van der Waals surface area contributed by atoms with Gasteiger partial charge in [-0.2, -0.15) is 13.2 Å². The van der Waals surface area contributed by atoms with Crippen molar-refractivity contribution in [2.75, 3.05) is 6.61 Å². The largest absolute Gasteiger partial charge is 0.506 e. The van der Waals surface area contributed by atoms with E-state index < -0.39 is 58.9 Å². The lowest BCUT2D eigenvalue weighted by Gasteiger charge is -2.28. The van der Waals surface area contributed by atoms with Gasteiger partial charge < -0.3 is 9.84 Å². The molecule has 1 atom stereocenters. The lowest BCUT2D eigenvalue weighted by atomic mass is 9.89. The van der Waals surface area contributed by atoms with E-state index in [-0.39, 0.29) is 12.6 Å². The molecule has 0 bridgehead atoms. The number of aliphatic imine (C=N–C) groups is 1. The molecule has 0 radical (unpaired) electrons. The average Bonchev–Trinajstić information content (AvgIpc) is 3.29. The van der Waals surface area contributed by atoms with E-state index >= 15 is 0 Å². The second-order valence-electron chi connectivity index (χ2n) is 5.80. The van der Waals surface area contributed by atoms with Gasteiger partial charge in [-0.15, -0.1) is 0 Å². The topological polar surface area (TPSA) is 58.9 Å². The number of esters is 1. The van der Waals surface area contributed by atoms with E-state index in [1.807, 2.05) is 0 Å². The minimum absolute atomic E-state index is 0.124. The van der Waals surface area contributed by atoms with Crippen molar-refractivity contribution < 1.29 is 41.0 Å². The maximum Gasteiger partial charge on any atom is 0.426 e. The highest BCUT2D eigenvalue weighted by atomic mass is 19.4. The summed E-state index contributed by atoms with van der Waals surface area (Å²) in [7, 11) is 0. The summed E-state index contributed by atoms with van der Waals surface area (Å²) >= 11 is 0. The van der Waals surface area contributed by atoms with E-state index in [4.69, 9.17) is 0 Å². The van der Waals surface area contributed by atoms with Crippen molar-refractivity contribution in [3.05, 3.63) is 34.6 Å². The summed E-state index contributed by atoms with van der Waals surface area (Å²) in [4.78, 5) is 15.8. The van der Waals surface area contributed by atoms with E-state index in [1.54, 1.807) is 0 Å². The van der Waals surface area contributed by atoms with Crippen LogP contribution in [0.3, 0.4) is 0 Å². The predicted octanol–water partition coefficient (Wildman–Crippen LogP) is 4.35. The van der Waals surface area contributed by atoms with E-state index in [0.717, 1.165) is 6.21 Å². The Kier molecular flexibility index (Phi) is 5.52. The predicted molar refractivity (Wildman–Crippen MR) is 79.6 cm³/mol. The summed E-state index contributed by atoms with van der Waals surface area (Å²) in [5.41, 5.74) is -6.31. The molecule has 0 amide bonds. The van der Waals surface area contributed by atoms with Gasteiger partial charge in [-0.3, -0.25) is 4.99 Å². The Morgan fingerprint density at radius 2 is 2.04 bits per heavy atom. The first kappa shape index (κ1) is 20.1. The number of aliphatic hydroxyl groups is 1. The molecular formula is C16H15F6NO3. The molecule has 26 heavy (non-hydrogen) atoms. The third kappa shape index (κ3) is 4.10. The van der Waals surface area contributed by atoms with Gasteiger partial charge in [-0.1, -0.05) is 0 Å². The zero-order valence-corrected chi connectivity index (χ0v) is 13.5. The molecule has 144 valence electrons. The quantitative estimate of drug-likeness (QED) is 0.253. The fraction of sp³-hybridized carbons (Fsp3) is 0.500. The SMILES string of the molecule is CCOC(=O)C(C=NC1CC1)=C(O)C1=C(F)CC(F)(C(F)(F)F)C=C1F. The van der Waals surface area contributed by atoms with Crippen LogP contribution in [0.25, 0.3) is 0 Å². The first-order valence-electron chi connectivity index (χ1n) is 7.67. The normalized spacial score (nSPS) is 25.3. The fourth-order valence-electron chi connectivity index (χ4n) is 2.15. The second-order valence-corrected chi connectivity index (χ2v) is 5.80. The van der Waals surface area contributed by atoms with Crippen molar-refractivity contribution in [1.82, 2.24) is 0 Å². The Bertz CT molecular complexity index is 718. The molecule has 0 aromatic rings. The van der Waals surface area contributed by atoms with Gasteiger partial charge in [0.25, 0.3) is 0 Å². The van der Waals surface area contributed by atoms with Crippen LogP contribution in [0.15, 0.2) is 39.6 Å². The van der Waals surface area contributed by atoms with Crippen LogP contribution >= 0.6 is 0 Å². The standard InChI is InChI=1S/C16H15F6NO3/c1-2-26-14(25)9(7-23-8-3-4-8)13(24)12-10(17)5-15(19,6-11(12)18)16(20,21)22/h5,7-8,24H,2-4,6H2,1H3. The number of hydrogen-bond acceptors (Lipinski definition) is 4. The number of alkyl halides is 4. The van der Waals surface area contributed by atoms with Crippen molar-refractivity contribution in [1.29, 1.82) is 0 Å². The van der Waals surface area contributed by atoms with Crippen molar-refractivity contribution in [3.63, 3.8) is 0 Å². The highest BCUT2D eigenvalue weighted by Gasteiger charge is 2.57. The first-order valence-corrected chi connectivity index (χ1v) is 7.67. The highest BCUT2D eigenvalue weighted by Crippen LogP contribution is 2.47. The molecule has 1 unspecified atom stereocenters. The highest BCUT2D eigenvalue weighted by molar-refractivity contribution is 6.10. The Balaban J connectivity index is 2.47. The third-order valence-corrected chi connectivity index (χ3v) is 3.70. The molecule has 0 aromatic carbocycles. The third-order valence-electron chi connectivity index (χ3n) is 3.70. The first-order chi connectivity index (χ1) is 12.0. The van der Waals surface area contributed by atoms with Crippen molar-refractivity contribution >= 4 is 12.2 Å². The van der Waals surface area contributed by atoms with Gasteiger partial charge in [0.05, 0.1) is 18.2 Å². The van der Waals surface area contributed by atoms with Gasteiger partial charge in [0.15, 0.2) is 0 Å². The molecule has 10 heteroatoms. The average molecular weight is 383 g/mol.